The van der Waals surface area contributed by atoms with Crippen molar-refractivity contribution >= 4 is 5.78 Å². The molecule has 0 atom stereocenters. The highest BCUT2D eigenvalue weighted by Crippen LogP contribution is 2.08. The van der Waals surface area contributed by atoms with Crippen LogP contribution >= 0.6 is 0 Å². The minimum absolute atomic E-state index is 0.125. The average Bonchev–Trinajstić information content (AvgIpc) is 2.66. The average molecular weight is 224 g/mol. The molecule has 90 valence electrons. The zero-order chi connectivity index (χ0) is 12.2. The van der Waals surface area contributed by atoms with Crippen molar-refractivity contribution in [1.82, 2.24) is 20.1 Å². The third-order valence-electron chi connectivity index (χ3n) is 2.77. The fraction of sp³-hybridized carbons (Fsp3) is 0.727. The van der Waals surface area contributed by atoms with E-state index in [4.69, 9.17) is 0 Å². The van der Waals surface area contributed by atoms with Crippen molar-refractivity contribution in [2.75, 3.05) is 7.05 Å². The summed E-state index contributed by atoms with van der Waals surface area (Å²) in [5, 5.41) is 7.10. The lowest BCUT2D eigenvalue weighted by atomic mass is 9.97. The number of aryl methyl sites for hydroxylation is 1. The van der Waals surface area contributed by atoms with E-state index in [1.807, 2.05) is 13.8 Å². The van der Waals surface area contributed by atoms with E-state index in [2.05, 4.69) is 22.3 Å². The Morgan fingerprint density at radius 3 is 2.81 bits per heavy atom. The zero-order valence-corrected chi connectivity index (χ0v) is 10.4. The van der Waals surface area contributed by atoms with E-state index in [0.29, 0.717) is 6.42 Å². The summed E-state index contributed by atoms with van der Waals surface area (Å²) in [7, 11) is 1.79. The van der Waals surface area contributed by atoms with Gasteiger partial charge < -0.3 is 5.32 Å². The van der Waals surface area contributed by atoms with Gasteiger partial charge in [-0.05, 0) is 27.3 Å². The first kappa shape index (κ1) is 12.8. The molecule has 1 aromatic heterocycles. The van der Waals surface area contributed by atoms with Crippen LogP contribution in [0.25, 0.3) is 0 Å². The SMILES string of the molecule is CCCn1ncnc1CC(=O)C(C)(C)NC. The molecule has 0 bridgehead atoms. The van der Waals surface area contributed by atoms with Crippen LogP contribution in [0, 0.1) is 0 Å². The Morgan fingerprint density at radius 1 is 1.56 bits per heavy atom. The second-order valence-electron chi connectivity index (χ2n) is 4.37. The van der Waals surface area contributed by atoms with Crippen molar-refractivity contribution in [1.29, 1.82) is 0 Å². The summed E-state index contributed by atoms with van der Waals surface area (Å²) in [5.41, 5.74) is -0.511. The van der Waals surface area contributed by atoms with Gasteiger partial charge in [-0.3, -0.25) is 4.79 Å². The van der Waals surface area contributed by atoms with Gasteiger partial charge in [-0.15, -0.1) is 0 Å². The largest absolute Gasteiger partial charge is 0.308 e. The fourth-order valence-electron chi connectivity index (χ4n) is 1.33. The van der Waals surface area contributed by atoms with E-state index < -0.39 is 5.54 Å². The molecular weight excluding hydrogens is 204 g/mol. The van der Waals surface area contributed by atoms with Crippen molar-refractivity contribution < 1.29 is 4.79 Å². The van der Waals surface area contributed by atoms with E-state index in [-0.39, 0.29) is 5.78 Å². The summed E-state index contributed by atoms with van der Waals surface area (Å²) in [6.45, 7) is 6.62. The third kappa shape index (κ3) is 2.88. The van der Waals surface area contributed by atoms with Crippen LogP contribution in [0.4, 0.5) is 0 Å². The second kappa shape index (κ2) is 5.21. The van der Waals surface area contributed by atoms with Crippen LogP contribution in [0.15, 0.2) is 6.33 Å². The predicted molar refractivity (Wildman–Crippen MR) is 62.2 cm³/mol. The summed E-state index contributed by atoms with van der Waals surface area (Å²) in [6, 6.07) is 0. The Bertz CT molecular complexity index is 357. The smallest absolute Gasteiger partial charge is 0.159 e. The van der Waals surface area contributed by atoms with Crippen LogP contribution in [0.5, 0.6) is 0 Å². The maximum atomic E-state index is 12.0. The highest BCUT2D eigenvalue weighted by molar-refractivity contribution is 5.88. The number of carbonyl (C=O) groups is 1. The number of likely N-dealkylation sites (N-methyl/N-ethyl adjacent to an activating group) is 1. The Kier molecular flexibility index (Phi) is 4.18. The Hall–Kier alpha value is -1.23. The zero-order valence-electron chi connectivity index (χ0n) is 10.4. The van der Waals surface area contributed by atoms with Gasteiger partial charge in [0.1, 0.15) is 12.2 Å². The molecule has 0 aromatic carbocycles. The van der Waals surface area contributed by atoms with E-state index >= 15 is 0 Å². The Balaban J connectivity index is 2.73. The first-order valence-electron chi connectivity index (χ1n) is 5.60. The maximum absolute atomic E-state index is 12.0. The van der Waals surface area contributed by atoms with Gasteiger partial charge in [0.25, 0.3) is 0 Å². The Labute approximate surface area is 96.3 Å². The third-order valence-corrected chi connectivity index (χ3v) is 2.77. The summed E-state index contributed by atoms with van der Waals surface area (Å²) >= 11 is 0. The number of carbonyl (C=O) groups excluding carboxylic acids is 1. The molecule has 16 heavy (non-hydrogen) atoms. The van der Waals surface area contributed by atoms with Gasteiger partial charge in [0.15, 0.2) is 5.78 Å². The molecule has 0 saturated heterocycles. The minimum Gasteiger partial charge on any atom is -0.308 e. The molecule has 0 aliphatic heterocycles. The molecule has 1 N–H and O–H groups in total. The number of aromatic nitrogens is 3. The van der Waals surface area contributed by atoms with Crippen LogP contribution < -0.4 is 5.32 Å². The van der Waals surface area contributed by atoms with Gasteiger partial charge in [0.2, 0.25) is 0 Å². The molecule has 1 rings (SSSR count). The van der Waals surface area contributed by atoms with Crippen LogP contribution in [0.1, 0.15) is 33.0 Å². The maximum Gasteiger partial charge on any atom is 0.159 e. The van der Waals surface area contributed by atoms with Gasteiger partial charge in [-0.25, -0.2) is 9.67 Å². The normalized spacial score (nSPS) is 11.8. The van der Waals surface area contributed by atoms with Crippen molar-refractivity contribution in [2.24, 2.45) is 0 Å². The molecule has 1 heterocycles. The summed E-state index contributed by atoms with van der Waals surface area (Å²) < 4.78 is 1.80. The molecule has 0 aliphatic rings. The van der Waals surface area contributed by atoms with Gasteiger partial charge >= 0.3 is 0 Å². The van der Waals surface area contributed by atoms with Crippen LogP contribution in [-0.4, -0.2) is 33.1 Å². The number of ketones is 1. The quantitative estimate of drug-likeness (QED) is 0.776. The molecular formula is C11H20N4O. The molecule has 0 aliphatic carbocycles. The number of rotatable bonds is 6. The number of hydrogen-bond acceptors (Lipinski definition) is 4. The standard InChI is InChI=1S/C11H20N4O/c1-5-6-15-10(13-8-14-15)7-9(16)11(2,3)12-4/h8,12H,5-7H2,1-4H3. The van der Waals surface area contributed by atoms with Crippen molar-refractivity contribution in [3.05, 3.63) is 12.2 Å². The number of Topliss-reactive ketones (excluding diaryl/α,β-unsaturated/α-hetero) is 1. The summed E-state index contributed by atoms with van der Waals surface area (Å²) in [5.74, 6) is 0.871. The van der Waals surface area contributed by atoms with Crippen LogP contribution in [0.3, 0.4) is 0 Å². The predicted octanol–water partition coefficient (Wildman–Crippen LogP) is 0.798. The van der Waals surface area contributed by atoms with E-state index in [9.17, 15) is 4.79 Å². The summed E-state index contributed by atoms with van der Waals surface area (Å²) in [4.78, 5) is 16.1. The van der Waals surface area contributed by atoms with Crippen molar-refractivity contribution in [3.63, 3.8) is 0 Å². The van der Waals surface area contributed by atoms with E-state index in [0.717, 1.165) is 18.8 Å². The molecule has 5 heteroatoms. The first-order chi connectivity index (χ1) is 7.51. The van der Waals surface area contributed by atoms with Gasteiger partial charge in [0, 0.05) is 6.54 Å². The fourth-order valence-corrected chi connectivity index (χ4v) is 1.33. The lowest BCUT2D eigenvalue weighted by Crippen LogP contribution is -2.45. The molecule has 0 fully saturated rings. The monoisotopic (exact) mass is 224 g/mol. The van der Waals surface area contributed by atoms with Crippen LogP contribution in [0.2, 0.25) is 0 Å². The number of nitrogens with one attached hydrogen (secondary N) is 1. The summed E-state index contributed by atoms with van der Waals surface area (Å²) in [6.07, 6.45) is 2.82. The van der Waals surface area contributed by atoms with Gasteiger partial charge in [-0.1, -0.05) is 6.92 Å². The van der Waals surface area contributed by atoms with E-state index in [1.54, 1.807) is 11.7 Å². The lowest BCUT2D eigenvalue weighted by Gasteiger charge is -2.21. The van der Waals surface area contributed by atoms with Crippen molar-refractivity contribution in [2.45, 2.75) is 45.7 Å². The van der Waals surface area contributed by atoms with E-state index in [1.165, 1.54) is 6.33 Å². The lowest BCUT2D eigenvalue weighted by molar-refractivity contribution is -0.123. The molecule has 0 radical (unpaired) electrons. The van der Waals surface area contributed by atoms with Crippen LogP contribution in [-0.2, 0) is 17.8 Å². The topological polar surface area (TPSA) is 59.8 Å². The first-order valence-corrected chi connectivity index (χ1v) is 5.60. The second-order valence-corrected chi connectivity index (χ2v) is 4.37. The minimum atomic E-state index is -0.511. The molecule has 5 nitrogen and oxygen atoms in total. The highest BCUT2D eigenvalue weighted by atomic mass is 16.1. The molecule has 0 unspecified atom stereocenters. The highest BCUT2D eigenvalue weighted by Gasteiger charge is 2.26. The number of nitrogens with zero attached hydrogens (tertiary/aromatic N) is 3. The van der Waals surface area contributed by atoms with Gasteiger partial charge in [-0.2, -0.15) is 5.10 Å². The molecule has 0 saturated carbocycles. The molecule has 0 spiro atoms. The van der Waals surface area contributed by atoms with Crippen molar-refractivity contribution in [3.8, 4) is 0 Å². The Morgan fingerprint density at radius 2 is 2.25 bits per heavy atom. The molecule has 1 aromatic rings. The number of hydrogen-bond donors (Lipinski definition) is 1. The molecule has 0 amide bonds. The van der Waals surface area contributed by atoms with Gasteiger partial charge in [0.05, 0.1) is 12.0 Å².